The van der Waals surface area contributed by atoms with Gasteiger partial charge in [0.25, 0.3) is 5.91 Å². The van der Waals surface area contributed by atoms with Gasteiger partial charge in [-0.3, -0.25) is 4.79 Å². The normalized spacial score (nSPS) is 15.8. The Labute approximate surface area is 203 Å². The number of alkyl halides is 3. The summed E-state index contributed by atoms with van der Waals surface area (Å²) in [4.78, 5) is 23.4. The van der Waals surface area contributed by atoms with Gasteiger partial charge >= 0.3 is 6.36 Å². The molecule has 0 spiro atoms. The Balaban J connectivity index is 1.61. The van der Waals surface area contributed by atoms with Gasteiger partial charge in [-0.15, -0.1) is 13.2 Å². The fourth-order valence-corrected chi connectivity index (χ4v) is 4.02. The summed E-state index contributed by atoms with van der Waals surface area (Å²) in [6, 6.07) is 7.59. The van der Waals surface area contributed by atoms with Crippen LogP contribution in [0.3, 0.4) is 0 Å². The van der Waals surface area contributed by atoms with E-state index in [2.05, 4.69) is 31.8 Å². The smallest absolute Gasteiger partial charge is 0.406 e. The number of anilines is 2. The van der Waals surface area contributed by atoms with Crippen LogP contribution in [0, 0.1) is 11.7 Å². The largest absolute Gasteiger partial charge is 0.573 e. The average molecular weight is 509 g/mol. The molecule has 1 amide bonds. The van der Waals surface area contributed by atoms with Crippen LogP contribution >= 0.6 is 11.6 Å². The van der Waals surface area contributed by atoms with Crippen LogP contribution < -0.4 is 15.0 Å². The lowest BCUT2D eigenvalue weighted by Crippen LogP contribution is -2.22. The van der Waals surface area contributed by atoms with Crippen LogP contribution in [-0.2, 0) is 0 Å². The standard InChI is InChI=1S/C24H21ClF4N4O2/c1-2-14-7-8-33(13-14)22-19(15-10-20(26)21(25)30-11-15)9-16(12-31-22)23(34)32-17-3-5-18(6-4-17)35-24(27,28)29/h3-6,9-12,14H,2,7-8,13H2,1H3,(H,32,34)/t14-/m0/s1. The van der Waals surface area contributed by atoms with Gasteiger partial charge in [-0.1, -0.05) is 24.9 Å². The molecule has 1 aromatic carbocycles. The van der Waals surface area contributed by atoms with Gasteiger partial charge in [0, 0.05) is 42.3 Å². The lowest BCUT2D eigenvalue weighted by atomic mass is 10.0. The number of carbonyl (C=O) groups excluding carboxylic acids is 1. The summed E-state index contributed by atoms with van der Waals surface area (Å²) in [6.07, 6.45) is 0.0447. The number of amides is 1. The van der Waals surface area contributed by atoms with Crippen molar-refractivity contribution in [2.45, 2.75) is 26.1 Å². The second-order valence-corrected chi connectivity index (χ2v) is 8.49. The first-order chi connectivity index (χ1) is 16.6. The van der Waals surface area contributed by atoms with Crippen molar-refractivity contribution in [3.63, 3.8) is 0 Å². The van der Waals surface area contributed by atoms with E-state index < -0.39 is 23.8 Å². The second-order valence-electron chi connectivity index (χ2n) is 8.13. The molecule has 2 aromatic heterocycles. The lowest BCUT2D eigenvalue weighted by molar-refractivity contribution is -0.274. The van der Waals surface area contributed by atoms with E-state index in [0.29, 0.717) is 22.9 Å². The Kier molecular flexibility index (Phi) is 7.11. The van der Waals surface area contributed by atoms with Crippen molar-refractivity contribution in [1.82, 2.24) is 9.97 Å². The molecule has 0 unspecified atom stereocenters. The molecule has 4 rings (SSSR count). The predicted molar refractivity (Wildman–Crippen MR) is 124 cm³/mol. The van der Waals surface area contributed by atoms with Gasteiger partial charge in [-0.05, 0) is 48.7 Å². The van der Waals surface area contributed by atoms with E-state index >= 15 is 0 Å². The van der Waals surface area contributed by atoms with Crippen molar-refractivity contribution in [1.29, 1.82) is 0 Å². The van der Waals surface area contributed by atoms with Crippen molar-refractivity contribution in [3.05, 3.63) is 65.3 Å². The van der Waals surface area contributed by atoms with Gasteiger partial charge in [0.05, 0.1) is 5.56 Å². The molecule has 1 N–H and O–H groups in total. The average Bonchev–Trinajstić information content (AvgIpc) is 3.30. The van der Waals surface area contributed by atoms with Crippen molar-refractivity contribution in [2.24, 2.45) is 5.92 Å². The van der Waals surface area contributed by atoms with Crippen LogP contribution in [0.15, 0.2) is 48.8 Å². The highest BCUT2D eigenvalue weighted by molar-refractivity contribution is 6.29. The number of nitrogens with one attached hydrogen (secondary N) is 1. The molecular weight excluding hydrogens is 488 g/mol. The Morgan fingerprint density at radius 2 is 1.94 bits per heavy atom. The number of nitrogens with zero attached hydrogens (tertiary/aromatic N) is 3. The molecule has 0 saturated carbocycles. The van der Waals surface area contributed by atoms with Gasteiger partial charge in [0.1, 0.15) is 11.6 Å². The minimum absolute atomic E-state index is 0.181. The molecule has 6 nitrogen and oxygen atoms in total. The van der Waals surface area contributed by atoms with E-state index in [1.807, 2.05) is 0 Å². The van der Waals surface area contributed by atoms with Crippen LogP contribution in [0.25, 0.3) is 11.1 Å². The topological polar surface area (TPSA) is 67.4 Å². The van der Waals surface area contributed by atoms with Gasteiger partial charge in [0.2, 0.25) is 0 Å². The first-order valence-corrected chi connectivity index (χ1v) is 11.2. The van der Waals surface area contributed by atoms with E-state index in [9.17, 15) is 22.4 Å². The number of hydrogen-bond donors (Lipinski definition) is 1. The number of aromatic nitrogens is 2. The summed E-state index contributed by atoms with van der Waals surface area (Å²) in [5.74, 6) is -0.521. The maximum atomic E-state index is 14.2. The van der Waals surface area contributed by atoms with E-state index in [0.717, 1.165) is 38.1 Å². The number of halogens is 5. The molecule has 1 aliphatic heterocycles. The molecular formula is C24H21ClF4N4O2. The van der Waals surface area contributed by atoms with Crippen LogP contribution in [0.1, 0.15) is 30.1 Å². The first-order valence-electron chi connectivity index (χ1n) is 10.9. The Bertz CT molecular complexity index is 1220. The van der Waals surface area contributed by atoms with Gasteiger partial charge < -0.3 is 15.0 Å². The predicted octanol–water partition coefficient (Wildman–Crippen LogP) is 6.32. The highest BCUT2D eigenvalue weighted by Crippen LogP contribution is 2.34. The minimum Gasteiger partial charge on any atom is -0.406 e. The number of carbonyl (C=O) groups is 1. The second kappa shape index (κ2) is 10.1. The number of hydrogen-bond acceptors (Lipinski definition) is 5. The third kappa shape index (κ3) is 6.00. The summed E-state index contributed by atoms with van der Waals surface area (Å²) in [5.41, 5.74) is 1.38. The Morgan fingerprint density at radius 3 is 2.57 bits per heavy atom. The number of rotatable bonds is 6. The summed E-state index contributed by atoms with van der Waals surface area (Å²) in [5, 5.41) is 2.35. The van der Waals surface area contributed by atoms with Crippen molar-refractivity contribution in [3.8, 4) is 16.9 Å². The summed E-state index contributed by atoms with van der Waals surface area (Å²) in [6.45, 7) is 3.69. The quantitative estimate of drug-likeness (QED) is 0.311. The number of benzene rings is 1. The molecule has 1 saturated heterocycles. The third-order valence-corrected chi connectivity index (χ3v) is 6.02. The van der Waals surface area contributed by atoms with Crippen LogP contribution in [-0.4, -0.2) is 35.3 Å². The van der Waals surface area contributed by atoms with Crippen LogP contribution in [0.2, 0.25) is 5.15 Å². The van der Waals surface area contributed by atoms with Crippen LogP contribution in [0.4, 0.5) is 29.1 Å². The molecule has 0 radical (unpaired) electrons. The zero-order chi connectivity index (χ0) is 25.2. The van der Waals surface area contributed by atoms with Gasteiger partial charge in [-0.25, -0.2) is 14.4 Å². The molecule has 0 bridgehead atoms. The molecule has 1 atom stereocenters. The zero-order valence-corrected chi connectivity index (χ0v) is 19.3. The number of ether oxygens (including phenoxy) is 1. The first kappa shape index (κ1) is 24.7. The molecule has 0 aliphatic carbocycles. The molecule has 3 heterocycles. The maximum Gasteiger partial charge on any atom is 0.573 e. The Morgan fingerprint density at radius 1 is 1.20 bits per heavy atom. The van der Waals surface area contributed by atoms with E-state index in [1.165, 1.54) is 30.6 Å². The fourth-order valence-electron chi connectivity index (χ4n) is 3.92. The highest BCUT2D eigenvalue weighted by atomic mass is 35.5. The van der Waals surface area contributed by atoms with Gasteiger partial charge in [-0.2, -0.15) is 0 Å². The molecule has 1 aliphatic rings. The van der Waals surface area contributed by atoms with Crippen LogP contribution in [0.5, 0.6) is 5.75 Å². The van der Waals surface area contributed by atoms with Crippen molar-refractivity contribution < 1.29 is 27.1 Å². The van der Waals surface area contributed by atoms with E-state index in [4.69, 9.17) is 11.6 Å². The minimum atomic E-state index is -4.81. The molecule has 184 valence electrons. The number of pyridine rings is 2. The Hall–Kier alpha value is -3.40. The van der Waals surface area contributed by atoms with Gasteiger partial charge in [0.15, 0.2) is 11.0 Å². The monoisotopic (exact) mass is 508 g/mol. The summed E-state index contributed by atoms with van der Waals surface area (Å²) >= 11 is 5.74. The van der Waals surface area contributed by atoms with E-state index in [1.54, 1.807) is 6.07 Å². The summed E-state index contributed by atoms with van der Waals surface area (Å²) < 4.78 is 55.1. The SMILES string of the molecule is CC[C@H]1CCN(c2ncc(C(=O)Nc3ccc(OC(F)(F)F)cc3)cc2-c2cnc(Cl)c(F)c2)C1. The highest BCUT2D eigenvalue weighted by Gasteiger charge is 2.31. The fraction of sp³-hybridized carbons (Fsp3) is 0.292. The lowest BCUT2D eigenvalue weighted by Gasteiger charge is -2.21. The zero-order valence-electron chi connectivity index (χ0n) is 18.6. The molecule has 35 heavy (non-hydrogen) atoms. The molecule has 1 fully saturated rings. The summed E-state index contributed by atoms with van der Waals surface area (Å²) in [7, 11) is 0. The van der Waals surface area contributed by atoms with E-state index in [-0.39, 0.29) is 16.4 Å². The maximum absolute atomic E-state index is 14.2. The van der Waals surface area contributed by atoms with Crippen molar-refractivity contribution >= 4 is 29.0 Å². The molecule has 11 heteroatoms. The van der Waals surface area contributed by atoms with Crippen molar-refractivity contribution in [2.75, 3.05) is 23.3 Å². The molecule has 3 aromatic rings. The third-order valence-electron chi connectivity index (χ3n) is 5.74.